The fourth-order valence-corrected chi connectivity index (χ4v) is 3.61. The number of halogens is 1. The lowest BCUT2D eigenvalue weighted by Gasteiger charge is -2.32. The van der Waals surface area contributed by atoms with Gasteiger partial charge in [-0.15, -0.1) is 0 Å². The van der Waals surface area contributed by atoms with Crippen molar-refractivity contribution in [3.05, 3.63) is 22.7 Å². The Morgan fingerprint density at radius 2 is 1.90 bits per heavy atom. The van der Waals surface area contributed by atoms with E-state index in [2.05, 4.69) is 12.2 Å². The number of nitrogens with one attached hydrogen (secondary N) is 1. The van der Waals surface area contributed by atoms with Crippen LogP contribution in [0, 0.1) is 5.92 Å². The van der Waals surface area contributed by atoms with Gasteiger partial charge in [0.05, 0.1) is 18.2 Å². The molecule has 0 aliphatic carbocycles. The Hall–Kier alpha value is -1.95. The predicted octanol–water partition coefficient (Wildman–Crippen LogP) is 4.29. The molecule has 0 unspecified atom stereocenters. The van der Waals surface area contributed by atoms with E-state index in [-0.39, 0.29) is 23.8 Å². The molecule has 0 spiro atoms. The number of piperidine rings is 1. The number of hydrogen-bond acceptors (Lipinski definition) is 4. The number of amides is 2. The molecule has 1 aromatic rings. The molecule has 1 saturated heterocycles. The maximum atomic E-state index is 13.0. The maximum absolute atomic E-state index is 13.0. The van der Waals surface area contributed by atoms with Crippen molar-refractivity contribution in [3.8, 4) is 11.5 Å². The van der Waals surface area contributed by atoms with E-state index < -0.39 is 0 Å². The fraction of sp³-hybridized carbons (Fsp3) is 0.636. The van der Waals surface area contributed by atoms with E-state index in [9.17, 15) is 9.59 Å². The molecule has 0 aromatic heterocycles. The lowest BCUT2D eigenvalue weighted by Crippen LogP contribution is -2.44. The summed E-state index contributed by atoms with van der Waals surface area (Å²) < 4.78 is 11.5. The number of unbranched alkanes of at least 4 members (excludes halogenated alkanes) is 1. The molecule has 0 bridgehead atoms. The summed E-state index contributed by atoms with van der Waals surface area (Å²) in [5.74, 6) is 0.907. The first-order valence-corrected chi connectivity index (χ1v) is 10.9. The molecule has 1 heterocycles. The van der Waals surface area contributed by atoms with E-state index >= 15 is 0 Å². The molecular weight excluding hydrogens is 392 g/mol. The molecule has 1 aliphatic heterocycles. The highest BCUT2D eigenvalue weighted by atomic mass is 35.5. The van der Waals surface area contributed by atoms with Gasteiger partial charge in [-0.3, -0.25) is 9.59 Å². The molecule has 1 aromatic carbocycles. The van der Waals surface area contributed by atoms with Gasteiger partial charge in [-0.25, -0.2) is 0 Å². The summed E-state index contributed by atoms with van der Waals surface area (Å²) in [5, 5.41) is 3.33. The molecule has 0 radical (unpaired) electrons. The number of carbonyl (C=O) groups excluding carboxylic acids is 2. The molecule has 2 rings (SSSR count). The largest absolute Gasteiger partial charge is 0.490 e. The summed E-state index contributed by atoms with van der Waals surface area (Å²) in [6.45, 7) is 9.97. The van der Waals surface area contributed by atoms with Crippen LogP contribution in [0.5, 0.6) is 11.5 Å². The highest BCUT2D eigenvalue weighted by molar-refractivity contribution is 6.32. The Labute approximate surface area is 178 Å². The average molecular weight is 425 g/mol. The van der Waals surface area contributed by atoms with Gasteiger partial charge < -0.3 is 19.7 Å². The Kier molecular flexibility index (Phi) is 9.08. The first kappa shape index (κ1) is 23.3. The van der Waals surface area contributed by atoms with Gasteiger partial charge in [0.15, 0.2) is 11.5 Å². The van der Waals surface area contributed by atoms with Crippen LogP contribution in [0.25, 0.3) is 0 Å². The Bertz CT molecular complexity index is 700. The predicted molar refractivity (Wildman–Crippen MR) is 115 cm³/mol. The van der Waals surface area contributed by atoms with Gasteiger partial charge in [-0.1, -0.05) is 24.9 Å². The number of carbonyl (C=O) groups is 2. The molecule has 0 atom stereocenters. The number of benzene rings is 1. The Balaban J connectivity index is 2.08. The third kappa shape index (κ3) is 6.53. The average Bonchev–Trinajstić information content (AvgIpc) is 2.69. The number of nitrogens with zero attached hydrogens (tertiary/aromatic N) is 1. The van der Waals surface area contributed by atoms with Crippen LogP contribution in [0.3, 0.4) is 0 Å². The molecule has 1 fully saturated rings. The van der Waals surface area contributed by atoms with Crippen LogP contribution < -0.4 is 14.8 Å². The molecule has 7 heteroatoms. The summed E-state index contributed by atoms with van der Waals surface area (Å²) in [6, 6.07) is 3.47. The number of rotatable bonds is 9. The lowest BCUT2D eigenvalue weighted by atomic mass is 9.95. The summed E-state index contributed by atoms with van der Waals surface area (Å²) in [6.07, 6.45) is 3.26. The quantitative estimate of drug-likeness (QED) is 0.600. The minimum Gasteiger partial charge on any atom is -0.490 e. The van der Waals surface area contributed by atoms with E-state index in [4.69, 9.17) is 21.1 Å². The van der Waals surface area contributed by atoms with Gasteiger partial charge in [0.2, 0.25) is 5.91 Å². The second-order valence-corrected chi connectivity index (χ2v) is 8.06. The highest BCUT2D eigenvalue weighted by Crippen LogP contribution is 2.37. The van der Waals surface area contributed by atoms with Crippen LogP contribution in [0.4, 0.5) is 0 Å². The monoisotopic (exact) mass is 424 g/mol. The van der Waals surface area contributed by atoms with Crippen LogP contribution in [0.15, 0.2) is 12.1 Å². The van der Waals surface area contributed by atoms with Crippen molar-refractivity contribution in [3.63, 3.8) is 0 Å². The zero-order valence-electron chi connectivity index (χ0n) is 17.9. The number of hydrogen-bond donors (Lipinski definition) is 1. The summed E-state index contributed by atoms with van der Waals surface area (Å²) >= 11 is 6.42. The van der Waals surface area contributed by atoms with Crippen molar-refractivity contribution >= 4 is 23.4 Å². The van der Waals surface area contributed by atoms with Gasteiger partial charge in [0, 0.05) is 30.6 Å². The Morgan fingerprint density at radius 1 is 1.21 bits per heavy atom. The maximum Gasteiger partial charge on any atom is 0.254 e. The fourth-order valence-electron chi connectivity index (χ4n) is 3.34. The van der Waals surface area contributed by atoms with Crippen LogP contribution in [-0.2, 0) is 4.79 Å². The minimum absolute atomic E-state index is 0.0432. The van der Waals surface area contributed by atoms with Crippen molar-refractivity contribution < 1.29 is 19.1 Å². The van der Waals surface area contributed by atoms with Crippen LogP contribution in [0.2, 0.25) is 5.02 Å². The number of ether oxygens (including phenoxy) is 2. The second kappa shape index (κ2) is 11.3. The van der Waals surface area contributed by atoms with E-state index in [0.717, 1.165) is 12.8 Å². The Morgan fingerprint density at radius 3 is 2.48 bits per heavy atom. The van der Waals surface area contributed by atoms with Gasteiger partial charge in [0.25, 0.3) is 5.91 Å². The van der Waals surface area contributed by atoms with Crippen molar-refractivity contribution in [1.29, 1.82) is 0 Å². The van der Waals surface area contributed by atoms with Gasteiger partial charge >= 0.3 is 0 Å². The van der Waals surface area contributed by atoms with E-state index in [1.54, 1.807) is 17.0 Å². The van der Waals surface area contributed by atoms with E-state index in [1.807, 2.05) is 20.8 Å². The normalized spacial score (nSPS) is 14.8. The molecule has 162 valence electrons. The molecule has 1 aliphatic rings. The van der Waals surface area contributed by atoms with Crippen LogP contribution >= 0.6 is 11.6 Å². The lowest BCUT2D eigenvalue weighted by molar-refractivity contribution is -0.126. The first-order valence-electron chi connectivity index (χ1n) is 10.6. The zero-order chi connectivity index (χ0) is 21.4. The second-order valence-electron chi connectivity index (χ2n) is 7.65. The summed E-state index contributed by atoms with van der Waals surface area (Å²) in [7, 11) is 0. The van der Waals surface area contributed by atoms with Crippen molar-refractivity contribution in [2.45, 2.75) is 59.4 Å². The minimum atomic E-state index is -0.101. The van der Waals surface area contributed by atoms with Crippen molar-refractivity contribution in [2.75, 3.05) is 26.3 Å². The van der Waals surface area contributed by atoms with E-state index in [0.29, 0.717) is 61.2 Å². The smallest absolute Gasteiger partial charge is 0.254 e. The van der Waals surface area contributed by atoms with Gasteiger partial charge in [-0.2, -0.15) is 0 Å². The van der Waals surface area contributed by atoms with Crippen LogP contribution in [-0.4, -0.2) is 49.1 Å². The molecule has 0 saturated carbocycles. The highest BCUT2D eigenvalue weighted by Gasteiger charge is 2.29. The zero-order valence-corrected chi connectivity index (χ0v) is 18.7. The third-order valence-electron chi connectivity index (χ3n) is 4.88. The standard InChI is InChI=1S/C22H33ClN2O4/c1-5-7-12-29-20-18(23)13-17(14-19(20)28-6-2)22(27)25-10-8-16(9-11-25)21(26)24-15(3)4/h13-16H,5-12H2,1-4H3,(H,24,26). The molecule has 29 heavy (non-hydrogen) atoms. The van der Waals surface area contributed by atoms with E-state index in [1.165, 1.54) is 0 Å². The number of likely N-dealkylation sites (tertiary alicyclic amines) is 1. The molecule has 1 N–H and O–H groups in total. The molecule has 2 amide bonds. The molecule has 6 nitrogen and oxygen atoms in total. The van der Waals surface area contributed by atoms with Crippen LogP contribution in [0.1, 0.15) is 63.7 Å². The molecular formula is C22H33ClN2O4. The van der Waals surface area contributed by atoms with Gasteiger partial charge in [-0.05, 0) is 52.2 Å². The topological polar surface area (TPSA) is 67.9 Å². The summed E-state index contributed by atoms with van der Waals surface area (Å²) in [5.41, 5.74) is 0.478. The van der Waals surface area contributed by atoms with Gasteiger partial charge in [0.1, 0.15) is 0 Å². The summed E-state index contributed by atoms with van der Waals surface area (Å²) in [4.78, 5) is 27.0. The van der Waals surface area contributed by atoms with Crippen molar-refractivity contribution in [2.24, 2.45) is 5.92 Å². The SMILES string of the molecule is CCCCOc1c(Cl)cc(C(=O)N2CCC(C(=O)NC(C)C)CC2)cc1OCC. The first-order chi connectivity index (χ1) is 13.9. The van der Waals surface area contributed by atoms with Crippen molar-refractivity contribution in [1.82, 2.24) is 10.2 Å². The third-order valence-corrected chi connectivity index (χ3v) is 5.17.